The summed E-state index contributed by atoms with van der Waals surface area (Å²) in [7, 11) is -3.82. The molecule has 1 N–H and O–H groups in total. The molecule has 178 valence electrons. The molecular weight excluding hydrogens is 456 g/mol. The molecule has 0 saturated carbocycles. The Hall–Kier alpha value is -3.53. The van der Waals surface area contributed by atoms with Crippen LogP contribution in [0.25, 0.3) is 0 Å². The second-order valence-electron chi connectivity index (χ2n) is 8.48. The van der Waals surface area contributed by atoms with E-state index in [1.807, 2.05) is 42.5 Å². The van der Waals surface area contributed by atoms with Crippen LogP contribution in [0.2, 0.25) is 0 Å². The van der Waals surface area contributed by atoms with Crippen LogP contribution in [0.15, 0.2) is 47.4 Å². The summed E-state index contributed by atoms with van der Waals surface area (Å²) in [5, 5.41) is 7.34. The largest absolute Gasteiger partial charge is 0.454 e. The highest BCUT2D eigenvalue weighted by atomic mass is 32.2. The summed E-state index contributed by atoms with van der Waals surface area (Å²) in [6, 6.07) is 12.3. The minimum Gasteiger partial charge on any atom is -0.454 e. The number of fused-ring (bicyclic) bond motifs is 2. The van der Waals surface area contributed by atoms with Crippen LogP contribution < -0.4 is 19.1 Å². The number of nitrogens with one attached hydrogen (secondary N) is 1. The van der Waals surface area contributed by atoms with Crippen LogP contribution in [0.1, 0.15) is 35.5 Å². The molecule has 2 aromatic carbocycles. The fourth-order valence-corrected chi connectivity index (χ4v) is 6.44. The van der Waals surface area contributed by atoms with Crippen LogP contribution in [0, 0.1) is 13.8 Å². The molecule has 9 nitrogen and oxygen atoms in total. The average Bonchev–Trinajstić information content (AvgIpc) is 3.53. The Morgan fingerprint density at radius 3 is 2.74 bits per heavy atom. The van der Waals surface area contributed by atoms with Crippen molar-refractivity contribution in [1.29, 1.82) is 0 Å². The molecule has 1 atom stereocenters. The molecule has 2 aliphatic rings. The van der Waals surface area contributed by atoms with E-state index in [2.05, 4.69) is 10.4 Å². The average molecular weight is 483 g/mol. The molecule has 0 spiro atoms. The third kappa shape index (κ3) is 3.67. The fourth-order valence-electron chi connectivity index (χ4n) is 4.56. The maximum Gasteiger partial charge on any atom is 0.268 e. The van der Waals surface area contributed by atoms with E-state index in [1.54, 1.807) is 20.8 Å². The van der Waals surface area contributed by atoms with E-state index in [0.717, 1.165) is 11.1 Å². The fraction of sp³-hybridized carbons (Fsp3) is 0.333. The first-order valence-electron chi connectivity index (χ1n) is 11.1. The number of para-hydroxylation sites is 1. The van der Waals surface area contributed by atoms with Crippen LogP contribution in [0.4, 0.5) is 5.69 Å². The van der Waals surface area contributed by atoms with Gasteiger partial charge >= 0.3 is 0 Å². The number of ether oxygens (including phenoxy) is 2. The predicted octanol–water partition coefficient (Wildman–Crippen LogP) is 2.86. The number of aryl methyl sites for hydroxylation is 1. The van der Waals surface area contributed by atoms with Gasteiger partial charge in [-0.05, 0) is 56.5 Å². The Labute approximate surface area is 198 Å². The van der Waals surface area contributed by atoms with Crippen molar-refractivity contribution in [2.24, 2.45) is 0 Å². The van der Waals surface area contributed by atoms with Crippen molar-refractivity contribution in [2.75, 3.05) is 17.6 Å². The monoisotopic (exact) mass is 482 g/mol. The van der Waals surface area contributed by atoms with Crippen molar-refractivity contribution in [3.05, 3.63) is 65.0 Å². The zero-order chi connectivity index (χ0) is 24.0. The van der Waals surface area contributed by atoms with E-state index in [1.165, 1.54) is 8.99 Å². The van der Waals surface area contributed by atoms with E-state index in [0.29, 0.717) is 48.1 Å². The van der Waals surface area contributed by atoms with Gasteiger partial charge in [0.15, 0.2) is 11.5 Å². The molecule has 1 unspecified atom stereocenters. The van der Waals surface area contributed by atoms with Gasteiger partial charge in [-0.2, -0.15) is 5.10 Å². The van der Waals surface area contributed by atoms with Crippen LogP contribution in [-0.2, 0) is 27.8 Å². The molecule has 5 rings (SSSR count). The van der Waals surface area contributed by atoms with Crippen molar-refractivity contribution in [2.45, 2.75) is 44.7 Å². The van der Waals surface area contributed by atoms with Gasteiger partial charge in [0, 0.05) is 13.1 Å². The molecule has 34 heavy (non-hydrogen) atoms. The Bertz CT molecular complexity index is 1380. The van der Waals surface area contributed by atoms with E-state index in [9.17, 15) is 13.2 Å². The van der Waals surface area contributed by atoms with Crippen molar-refractivity contribution in [3.8, 4) is 11.5 Å². The lowest BCUT2D eigenvalue weighted by Gasteiger charge is -2.20. The van der Waals surface area contributed by atoms with Crippen molar-refractivity contribution in [3.63, 3.8) is 0 Å². The highest BCUT2D eigenvalue weighted by Crippen LogP contribution is 2.35. The second-order valence-corrected chi connectivity index (χ2v) is 10.3. The number of anilines is 1. The molecule has 0 radical (unpaired) electrons. The van der Waals surface area contributed by atoms with Gasteiger partial charge in [0.05, 0.1) is 17.1 Å². The molecule has 1 aromatic heterocycles. The van der Waals surface area contributed by atoms with Gasteiger partial charge < -0.3 is 14.8 Å². The SMILES string of the molecule is Cc1nn(C(C)C(=O)NCc2ccc3c(c2)OCO3)c(C)c1S(=O)(=O)N1CCc2ccccc21. The molecule has 0 fully saturated rings. The number of benzene rings is 2. The number of carbonyl (C=O) groups is 1. The molecule has 0 aliphatic carbocycles. The van der Waals surface area contributed by atoms with Crippen LogP contribution in [-0.4, -0.2) is 37.4 Å². The minimum absolute atomic E-state index is 0.152. The smallest absolute Gasteiger partial charge is 0.268 e. The van der Waals surface area contributed by atoms with Gasteiger partial charge in [-0.1, -0.05) is 24.3 Å². The third-order valence-corrected chi connectivity index (χ3v) is 8.37. The van der Waals surface area contributed by atoms with Crippen molar-refractivity contribution < 1.29 is 22.7 Å². The third-order valence-electron chi connectivity index (χ3n) is 6.30. The van der Waals surface area contributed by atoms with Crippen LogP contribution in [0.5, 0.6) is 11.5 Å². The van der Waals surface area contributed by atoms with Gasteiger partial charge in [0.2, 0.25) is 12.7 Å². The van der Waals surface area contributed by atoms with Gasteiger partial charge in [0.25, 0.3) is 10.0 Å². The van der Waals surface area contributed by atoms with E-state index < -0.39 is 16.1 Å². The summed E-state index contributed by atoms with van der Waals surface area (Å²) in [6.07, 6.45) is 0.667. The van der Waals surface area contributed by atoms with Crippen molar-refractivity contribution in [1.82, 2.24) is 15.1 Å². The molecule has 3 heterocycles. The number of amides is 1. The summed E-state index contributed by atoms with van der Waals surface area (Å²) in [5.41, 5.74) is 3.38. The van der Waals surface area contributed by atoms with Gasteiger partial charge in [-0.15, -0.1) is 0 Å². The quantitative estimate of drug-likeness (QED) is 0.580. The lowest BCUT2D eigenvalue weighted by atomic mass is 10.2. The molecule has 2 aliphatic heterocycles. The first-order chi connectivity index (χ1) is 16.3. The number of aromatic nitrogens is 2. The maximum absolute atomic E-state index is 13.6. The van der Waals surface area contributed by atoms with E-state index in [4.69, 9.17) is 9.47 Å². The number of carbonyl (C=O) groups excluding carboxylic acids is 1. The summed E-state index contributed by atoms with van der Waals surface area (Å²) < 4.78 is 40.8. The van der Waals surface area contributed by atoms with E-state index >= 15 is 0 Å². The second kappa shape index (κ2) is 8.35. The normalized spacial score (nSPS) is 15.3. The molecule has 3 aromatic rings. The predicted molar refractivity (Wildman–Crippen MR) is 126 cm³/mol. The standard InChI is InChI=1S/C24H26N4O5S/c1-15-23(34(30,31)27-11-10-19-6-4-5-7-20(19)27)16(2)28(26-15)17(3)24(29)25-13-18-8-9-21-22(12-18)33-14-32-21/h4-9,12,17H,10-11,13-14H2,1-3H3,(H,25,29). The van der Waals surface area contributed by atoms with E-state index in [-0.39, 0.29) is 17.6 Å². The number of rotatable bonds is 6. The number of hydrogen-bond donors (Lipinski definition) is 1. The van der Waals surface area contributed by atoms with Gasteiger partial charge in [-0.3, -0.25) is 13.8 Å². The first-order valence-corrected chi connectivity index (χ1v) is 12.5. The highest BCUT2D eigenvalue weighted by molar-refractivity contribution is 7.93. The van der Waals surface area contributed by atoms with Crippen LogP contribution in [0.3, 0.4) is 0 Å². The zero-order valence-corrected chi connectivity index (χ0v) is 20.1. The summed E-state index contributed by atoms with van der Waals surface area (Å²) >= 11 is 0. The lowest BCUT2D eigenvalue weighted by molar-refractivity contribution is -0.124. The number of nitrogens with zero attached hydrogens (tertiary/aromatic N) is 3. The topological polar surface area (TPSA) is 103 Å². The Morgan fingerprint density at radius 2 is 1.91 bits per heavy atom. The summed E-state index contributed by atoms with van der Waals surface area (Å²) in [6.45, 7) is 5.93. The summed E-state index contributed by atoms with van der Waals surface area (Å²) in [5.74, 6) is 1.07. The van der Waals surface area contributed by atoms with Crippen LogP contribution >= 0.6 is 0 Å². The molecule has 0 saturated heterocycles. The molecule has 0 bridgehead atoms. The van der Waals surface area contributed by atoms with Gasteiger partial charge in [0.1, 0.15) is 10.9 Å². The number of hydrogen-bond acceptors (Lipinski definition) is 6. The molecule has 1 amide bonds. The Morgan fingerprint density at radius 1 is 1.15 bits per heavy atom. The minimum atomic E-state index is -3.82. The van der Waals surface area contributed by atoms with Crippen molar-refractivity contribution >= 4 is 21.6 Å². The molecule has 10 heteroatoms. The zero-order valence-electron chi connectivity index (χ0n) is 19.2. The number of sulfonamides is 1. The van der Waals surface area contributed by atoms with Gasteiger partial charge in [-0.25, -0.2) is 8.42 Å². The Balaban J connectivity index is 1.35. The highest BCUT2D eigenvalue weighted by Gasteiger charge is 2.36. The molecular formula is C24H26N4O5S. The first kappa shape index (κ1) is 22.3. The Kier molecular flexibility index (Phi) is 5.47. The maximum atomic E-state index is 13.6. The lowest BCUT2D eigenvalue weighted by Crippen LogP contribution is -2.32. The summed E-state index contributed by atoms with van der Waals surface area (Å²) in [4.78, 5) is 13.1.